The molecule has 0 N–H and O–H groups in total. The zero-order chi connectivity index (χ0) is 14.0. The zero-order valence-corrected chi connectivity index (χ0v) is 12.7. The van der Waals surface area contributed by atoms with Crippen LogP contribution in [0.2, 0.25) is 0 Å². The molecule has 2 rings (SSSR count). The molecule has 0 aromatic heterocycles. The van der Waals surface area contributed by atoms with Crippen LogP contribution in [0.1, 0.15) is 18.1 Å². The third-order valence-corrected chi connectivity index (χ3v) is 5.03. The van der Waals surface area contributed by atoms with Gasteiger partial charge in [-0.2, -0.15) is 4.31 Å². The van der Waals surface area contributed by atoms with Gasteiger partial charge in [-0.05, 0) is 24.5 Å². The van der Waals surface area contributed by atoms with Crippen molar-refractivity contribution < 1.29 is 8.42 Å². The number of hydrogen-bond donors (Lipinski definition) is 0. The molecule has 0 amide bonds. The van der Waals surface area contributed by atoms with Crippen LogP contribution in [0.15, 0.2) is 18.2 Å². The van der Waals surface area contributed by atoms with Gasteiger partial charge in [0.25, 0.3) is 0 Å². The largest absolute Gasteiger partial charge is 0.368 e. The SMILES string of the molecule is CCc1cccc(C)c1N1CCN(S(C)(=O)=O)CC1. The molecule has 0 bridgehead atoms. The molecule has 0 spiro atoms. The second-order valence-electron chi connectivity index (χ2n) is 5.09. The first kappa shape index (κ1) is 14.3. The predicted octanol–water partition coefficient (Wildman–Crippen LogP) is 1.64. The van der Waals surface area contributed by atoms with Crippen molar-refractivity contribution in [3.8, 4) is 0 Å². The van der Waals surface area contributed by atoms with Gasteiger partial charge in [0.1, 0.15) is 0 Å². The van der Waals surface area contributed by atoms with Crippen molar-refractivity contribution >= 4 is 15.7 Å². The maximum absolute atomic E-state index is 11.5. The smallest absolute Gasteiger partial charge is 0.211 e. The molecule has 4 nitrogen and oxygen atoms in total. The van der Waals surface area contributed by atoms with Gasteiger partial charge in [0, 0.05) is 31.9 Å². The third-order valence-electron chi connectivity index (χ3n) is 3.73. The molecule has 1 aromatic rings. The van der Waals surface area contributed by atoms with E-state index >= 15 is 0 Å². The number of nitrogens with zero attached hydrogens (tertiary/aromatic N) is 2. The first-order valence-electron chi connectivity index (χ1n) is 6.72. The summed E-state index contributed by atoms with van der Waals surface area (Å²) in [6.07, 6.45) is 2.29. The lowest BCUT2D eigenvalue weighted by Crippen LogP contribution is -2.48. The van der Waals surface area contributed by atoms with Gasteiger partial charge >= 0.3 is 0 Å². The quantitative estimate of drug-likeness (QED) is 0.846. The lowest BCUT2D eigenvalue weighted by molar-refractivity contribution is 0.387. The third kappa shape index (κ3) is 3.09. The Morgan fingerprint density at radius 1 is 1.16 bits per heavy atom. The summed E-state index contributed by atoms with van der Waals surface area (Å²) in [5.74, 6) is 0. The van der Waals surface area contributed by atoms with Crippen LogP contribution in [-0.2, 0) is 16.4 Å². The minimum atomic E-state index is -3.05. The number of benzene rings is 1. The number of piperazine rings is 1. The number of aryl methyl sites for hydroxylation is 2. The van der Waals surface area contributed by atoms with Crippen molar-refractivity contribution in [1.82, 2.24) is 4.31 Å². The molecule has 1 aliphatic rings. The predicted molar refractivity (Wildman–Crippen MR) is 79.2 cm³/mol. The maximum Gasteiger partial charge on any atom is 0.211 e. The first-order valence-corrected chi connectivity index (χ1v) is 8.57. The molecule has 106 valence electrons. The van der Waals surface area contributed by atoms with Crippen molar-refractivity contribution in [3.05, 3.63) is 29.3 Å². The van der Waals surface area contributed by atoms with E-state index in [-0.39, 0.29) is 0 Å². The molecule has 0 atom stereocenters. The molecule has 0 aliphatic carbocycles. The average Bonchev–Trinajstić information content (AvgIpc) is 2.37. The number of hydrogen-bond acceptors (Lipinski definition) is 3. The Morgan fingerprint density at radius 2 is 1.79 bits per heavy atom. The van der Waals surface area contributed by atoms with Crippen LogP contribution in [0.25, 0.3) is 0 Å². The van der Waals surface area contributed by atoms with E-state index in [0.29, 0.717) is 13.1 Å². The Balaban J connectivity index is 2.18. The Kier molecular flexibility index (Phi) is 4.16. The highest BCUT2D eigenvalue weighted by Gasteiger charge is 2.24. The molecule has 1 heterocycles. The standard InChI is InChI=1S/C14H22N2O2S/c1-4-13-7-5-6-12(2)14(13)15-8-10-16(11-9-15)19(3,17)18/h5-7H,4,8-11H2,1-3H3. The van der Waals surface area contributed by atoms with Gasteiger partial charge in [-0.25, -0.2) is 8.42 Å². The lowest BCUT2D eigenvalue weighted by atomic mass is 10.0. The van der Waals surface area contributed by atoms with E-state index in [1.807, 2.05) is 0 Å². The monoisotopic (exact) mass is 282 g/mol. The van der Waals surface area contributed by atoms with Gasteiger partial charge in [-0.3, -0.25) is 0 Å². The fourth-order valence-corrected chi connectivity index (χ4v) is 3.53. The number of rotatable bonds is 3. The highest BCUT2D eigenvalue weighted by Crippen LogP contribution is 2.27. The van der Waals surface area contributed by atoms with Crippen molar-refractivity contribution in [2.45, 2.75) is 20.3 Å². The van der Waals surface area contributed by atoms with Crippen molar-refractivity contribution in [2.24, 2.45) is 0 Å². The number of para-hydroxylation sites is 1. The van der Waals surface area contributed by atoms with E-state index in [0.717, 1.165) is 19.5 Å². The van der Waals surface area contributed by atoms with Gasteiger partial charge in [0.05, 0.1) is 6.26 Å². The summed E-state index contributed by atoms with van der Waals surface area (Å²) in [7, 11) is -3.05. The molecular formula is C14H22N2O2S. The Bertz CT molecular complexity index is 547. The minimum absolute atomic E-state index is 0.580. The summed E-state index contributed by atoms with van der Waals surface area (Å²) in [4.78, 5) is 2.32. The average molecular weight is 282 g/mol. The molecule has 5 heteroatoms. The van der Waals surface area contributed by atoms with Crippen LogP contribution >= 0.6 is 0 Å². The van der Waals surface area contributed by atoms with Gasteiger partial charge in [-0.15, -0.1) is 0 Å². The van der Waals surface area contributed by atoms with Crippen LogP contribution in [-0.4, -0.2) is 45.2 Å². The molecular weight excluding hydrogens is 260 g/mol. The summed E-state index contributed by atoms with van der Waals surface area (Å²) in [5.41, 5.74) is 3.90. The summed E-state index contributed by atoms with van der Waals surface area (Å²) >= 11 is 0. The van der Waals surface area contributed by atoms with E-state index < -0.39 is 10.0 Å². The Hall–Kier alpha value is -1.07. The molecule has 1 aromatic carbocycles. The van der Waals surface area contributed by atoms with Gasteiger partial charge in [0.2, 0.25) is 10.0 Å². The summed E-state index contributed by atoms with van der Waals surface area (Å²) in [6.45, 7) is 6.98. The van der Waals surface area contributed by atoms with E-state index in [1.54, 1.807) is 4.31 Å². The summed E-state index contributed by atoms with van der Waals surface area (Å²) < 4.78 is 24.6. The Labute approximate surface area is 116 Å². The van der Waals surface area contributed by atoms with E-state index in [2.05, 4.69) is 36.9 Å². The zero-order valence-electron chi connectivity index (χ0n) is 11.9. The summed E-state index contributed by atoms with van der Waals surface area (Å²) in [6, 6.07) is 6.37. The number of anilines is 1. The van der Waals surface area contributed by atoms with Crippen LogP contribution < -0.4 is 4.90 Å². The van der Waals surface area contributed by atoms with Crippen molar-refractivity contribution in [1.29, 1.82) is 0 Å². The molecule has 1 aliphatic heterocycles. The highest BCUT2D eigenvalue weighted by atomic mass is 32.2. The molecule has 1 fully saturated rings. The van der Waals surface area contributed by atoms with Gasteiger partial charge < -0.3 is 4.90 Å². The van der Waals surface area contributed by atoms with Gasteiger partial charge in [-0.1, -0.05) is 25.1 Å². The first-order chi connectivity index (χ1) is 8.93. The van der Waals surface area contributed by atoms with E-state index in [9.17, 15) is 8.42 Å². The van der Waals surface area contributed by atoms with E-state index in [1.165, 1.54) is 23.1 Å². The normalized spacial score (nSPS) is 17.7. The molecule has 0 radical (unpaired) electrons. The fraction of sp³-hybridized carbons (Fsp3) is 0.571. The topological polar surface area (TPSA) is 40.6 Å². The highest BCUT2D eigenvalue weighted by molar-refractivity contribution is 7.88. The lowest BCUT2D eigenvalue weighted by Gasteiger charge is -2.36. The second kappa shape index (κ2) is 5.51. The van der Waals surface area contributed by atoms with Crippen LogP contribution in [0.4, 0.5) is 5.69 Å². The van der Waals surface area contributed by atoms with Crippen LogP contribution in [0.3, 0.4) is 0 Å². The van der Waals surface area contributed by atoms with Gasteiger partial charge in [0.15, 0.2) is 0 Å². The Morgan fingerprint density at radius 3 is 2.32 bits per heavy atom. The molecule has 1 saturated heterocycles. The number of sulfonamides is 1. The van der Waals surface area contributed by atoms with Crippen LogP contribution in [0, 0.1) is 6.92 Å². The molecule has 19 heavy (non-hydrogen) atoms. The van der Waals surface area contributed by atoms with Crippen molar-refractivity contribution in [3.63, 3.8) is 0 Å². The minimum Gasteiger partial charge on any atom is -0.368 e. The van der Waals surface area contributed by atoms with Crippen LogP contribution in [0.5, 0.6) is 0 Å². The fourth-order valence-electron chi connectivity index (χ4n) is 2.70. The van der Waals surface area contributed by atoms with Crippen molar-refractivity contribution in [2.75, 3.05) is 37.3 Å². The summed E-state index contributed by atoms with van der Waals surface area (Å²) in [5, 5.41) is 0. The molecule has 0 saturated carbocycles. The maximum atomic E-state index is 11.5. The van der Waals surface area contributed by atoms with E-state index in [4.69, 9.17) is 0 Å². The molecule has 0 unspecified atom stereocenters. The second-order valence-corrected chi connectivity index (χ2v) is 7.07.